The third-order valence-electron chi connectivity index (χ3n) is 5.08. The summed E-state index contributed by atoms with van der Waals surface area (Å²) in [5.41, 5.74) is 6.22. The lowest BCUT2D eigenvalue weighted by molar-refractivity contribution is -0.634. The highest BCUT2D eigenvalue weighted by molar-refractivity contribution is 6.03. The maximum Gasteiger partial charge on any atom is 0.294 e. The number of hydrogen-bond donors (Lipinski definition) is 0. The van der Waals surface area contributed by atoms with E-state index < -0.39 is 0 Å². The number of ether oxygens (including phenoxy) is 1. The molecule has 1 aliphatic rings. The van der Waals surface area contributed by atoms with Crippen LogP contribution in [0, 0.1) is 13.5 Å². The maximum absolute atomic E-state index is 7.09. The highest BCUT2D eigenvalue weighted by atomic mass is 16.5. The van der Waals surface area contributed by atoms with Crippen molar-refractivity contribution in [1.29, 1.82) is 0 Å². The first-order valence-electron chi connectivity index (χ1n) is 8.54. The van der Waals surface area contributed by atoms with Crippen LogP contribution in [0.4, 0.5) is 0 Å². The van der Waals surface area contributed by atoms with Crippen molar-refractivity contribution in [3.05, 3.63) is 71.1 Å². The first-order chi connectivity index (χ1) is 12.7. The van der Waals surface area contributed by atoms with Gasteiger partial charge in [-0.1, -0.05) is 24.3 Å². The summed E-state index contributed by atoms with van der Waals surface area (Å²) in [5.74, 6) is 1.46. The molecule has 0 spiro atoms. The van der Waals surface area contributed by atoms with Gasteiger partial charge in [0, 0.05) is 17.0 Å². The summed E-state index contributed by atoms with van der Waals surface area (Å²) in [5, 5.41) is 2.31. The Morgan fingerprint density at radius 3 is 2.88 bits per heavy atom. The molecular formula is C22H16N3O+. The van der Waals surface area contributed by atoms with Gasteiger partial charge in [-0.25, -0.2) is 11.6 Å². The van der Waals surface area contributed by atoms with Crippen molar-refractivity contribution in [3.63, 3.8) is 0 Å². The minimum absolute atomic E-state index is 0.362. The van der Waals surface area contributed by atoms with Crippen molar-refractivity contribution in [2.24, 2.45) is 7.05 Å². The molecule has 5 rings (SSSR count). The van der Waals surface area contributed by atoms with Gasteiger partial charge in [0.15, 0.2) is 0 Å². The van der Waals surface area contributed by atoms with Gasteiger partial charge in [0.25, 0.3) is 11.6 Å². The zero-order valence-electron chi connectivity index (χ0n) is 14.6. The largest absolute Gasteiger partial charge is 0.433 e. The summed E-state index contributed by atoms with van der Waals surface area (Å²) in [7, 11) is 2.05. The predicted octanol–water partition coefficient (Wildman–Crippen LogP) is 4.71. The first kappa shape index (κ1) is 14.9. The van der Waals surface area contributed by atoms with E-state index in [0.717, 1.165) is 33.4 Å². The second-order valence-corrected chi connectivity index (χ2v) is 6.68. The van der Waals surface area contributed by atoms with Gasteiger partial charge in [-0.05, 0) is 36.1 Å². The van der Waals surface area contributed by atoms with E-state index >= 15 is 0 Å². The van der Waals surface area contributed by atoms with Crippen LogP contribution in [0.5, 0.6) is 11.6 Å². The van der Waals surface area contributed by atoms with Crippen molar-refractivity contribution >= 4 is 21.8 Å². The minimum Gasteiger partial charge on any atom is -0.433 e. The van der Waals surface area contributed by atoms with Crippen LogP contribution in [0.15, 0.2) is 48.5 Å². The Bertz CT molecular complexity index is 1270. The van der Waals surface area contributed by atoms with E-state index in [0.29, 0.717) is 12.4 Å². The summed E-state index contributed by atoms with van der Waals surface area (Å²) >= 11 is 0. The number of rotatable bonds is 1. The monoisotopic (exact) mass is 338 g/mol. The molecule has 0 saturated heterocycles. The van der Waals surface area contributed by atoms with Crippen LogP contribution >= 0.6 is 0 Å². The Labute approximate surface area is 151 Å². The normalized spacial score (nSPS) is 11.9. The smallest absolute Gasteiger partial charge is 0.294 e. The van der Waals surface area contributed by atoms with Gasteiger partial charge >= 0.3 is 0 Å². The van der Waals surface area contributed by atoms with Gasteiger partial charge in [-0.2, -0.15) is 4.57 Å². The zero-order chi connectivity index (χ0) is 17.8. The van der Waals surface area contributed by atoms with Crippen LogP contribution in [0.3, 0.4) is 0 Å². The molecule has 124 valence electrons. The van der Waals surface area contributed by atoms with Gasteiger partial charge in [-0.3, -0.25) is 0 Å². The second kappa shape index (κ2) is 5.27. The standard InChI is InChI=1S/C22H16N3O/c1-13-7-9-15-5-4-6-18-20(15)19(13)21-22(26-18)24-16-11-14(12-23-2)8-10-17(16)25(21)3/h4-11H,12H2,1,3H3/q+1. The Morgan fingerprint density at radius 2 is 2.04 bits per heavy atom. The van der Waals surface area contributed by atoms with E-state index in [1.165, 1.54) is 16.5 Å². The molecule has 4 heteroatoms. The number of nitrogens with zero attached hydrogens (tertiary/aromatic N) is 3. The molecule has 0 amide bonds. The SMILES string of the molecule is [C-]#[N+]Cc1ccc2c(c1)nc1c([n+]2C)-c2c(C)ccc3cccc(c23)O1. The van der Waals surface area contributed by atoms with E-state index in [2.05, 4.69) is 34.5 Å². The fraction of sp³-hybridized carbons (Fsp3) is 0.136. The fourth-order valence-electron chi connectivity index (χ4n) is 3.85. The second-order valence-electron chi connectivity index (χ2n) is 6.68. The van der Waals surface area contributed by atoms with Crippen molar-refractivity contribution in [2.75, 3.05) is 0 Å². The quantitative estimate of drug-likeness (QED) is 0.327. The highest BCUT2D eigenvalue weighted by Crippen LogP contribution is 2.45. The molecule has 0 saturated carbocycles. The third kappa shape index (κ3) is 1.94. The van der Waals surface area contributed by atoms with Crippen molar-refractivity contribution in [1.82, 2.24) is 4.98 Å². The van der Waals surface area contributed by atoms with Crippen molar-refractivity contribution in [3.8, 4) is 22.9 Å². The lowest BCUT2D eigenvalue weighted by Gasteiger charge is -2.20. The molecule has 0 aliphatic carbocycles. The van der Waals surface area contributed by atoms with Gasteiger partial charge in [-0.15, -0.1) is 0 Å². The Hall–Kier alpha value is -3.45. The maximum atomic E-state index is 7.09. The van der Waals surface area contributed by atoms with Crippen LogP contribution in [0.1, 0.15) is 11.1 Å². The van der Waals surface area contributed by atoms with Crippen LogP contribution in [0.2, 0.25) is 0 Å². The number of benzene rings is 3. The van der Waals surface area contributed by atoms with Gasteiger partial charge in [0.1, 0.15) is 18.3 Å². The topological polar surface area (TPSA) is 30.4 Å². The van der Waals surface area contributed by atoms with Crippen molar-refractivity contribution < 1.29 is 9.30 Å². The molecule has 3 aromatic carbocycles. The number of hydrogen-bond acceptors (Lipinski definition) is 2. The molecule has 0 N–H and O–H groups in total. The van der Waals surface area contributed by atoms with E-state index in [1.54, 1.807) is 0 Å². The molecule has 26 heavy (non-hydrogen) atoms. The molecule has 0 bridgehead atoms. The zero-order valence-corrected chi connectivity index (χ0v) is 14.6. The molecule has 0 atom stereocenters. The van der Waals surface area contributed by atoms with Gasteiger partial charge in [0.05, 0.1) is 5.56 Å². The number of fused-ring (bicyclic) bond motifs is 3. The molecule has 4 aromatic rings. The van der Waals surface area contributed by atoms with Crippen molar-refractivity contribution in [2.45, 2.75) is 13.5 Å². The summed E-state index contributed by atoms with van der Waals surface area (Å²) < 4.78 is 8.35. The molecule has 2 heterocycles. The van der Waals surface area contributed by atoms with Gasteiger partial charge in [0.2, 0.25) is 12.1 Å². The molecule has 1 aliphatic heterocycles. The summed E-state index contributed by atoms with van der Waals surface area (Å²) in [6.07, 6.45) is 0. The van der Waals surface area contributed by atoms with Crippen LogP contribution in [-0.4, -0.2) is 4.98 Å². The van der Waals surface area contributed by atoms with Crippen LogP contribution in [0.25, 0.3) is 37.9 Å². The number of aromatic nitrogens is 2. The van der Waals surface area contributed by atoms with E-state index in [4.69, 9.17) is 16.3 Å². The average molecular weight is 338 g/mol. The molecule has 1 aromatic heterocycles. The Morgan fingerprint density at radius 1 is 1.15 bits per heavy atom. The van der Waals surface area contributed by atoms with E-state index in [1.807, 2.05) is 37.4 Å². The lowest BCUT2D eigenvalue weighted by Crippen LogP contribution is -2.34. The summed E-state index contributed by atoms with van der Waals surface area (Å²) in [4.78, 5) is 8.27. The summed E-state index contributed by atoms with van der Waals surface area (Å²) in [6, 6.07) is 16.4. The fourth-order valence-corrected chi connectivity index (χ4v) is 3.85. The molecule has 0 fully saturated rings. The number of aryl methyl sites for hydroxylation is 2. The molecule has 4 nitrogen and oxygen atoms in total. The van der Waals surface area contributed by atoms with Crippen LogP contribution in [-0.2, 0) is 13.6 Å². The molecular weight excluding hydrogens is 322 g/mol. The average Bonchev–Trinajstić information content (AvgIpc) is 2.64. The first-order valence-corrected chi connectivity index (χ1v) is 8.54. The highest BCUT2D eigenvalue weighted by Gasteiger charge is 2.31. The van der Waals surface area contributed by atoms with Crippen LogP contribution < -0.4 is 9.30 Å². The Balaban J connectivity index is 1.90. The summed E-state index contributed by atoms with van der Waals surface area (Å²) in [6.45, 7) is 9.58. The third-order valence-corrected chi connectivity index (χ3v) is 5.08. The van der Waals surface area contributed by atoms with E-state index in [-0.39, 0.29) is 0 Å². The minimum atomic E-state index is 0.362. The van der Waals surface area contributed by atoms with Gasteiger partial charge < -0.3 is 9.58 Å². The van der Waals surface area contributed by atoms with E-state index in [9.17, 15) is 0 Å². The molecule has 0 radical (unpaired) electrons. The Kier molecular flexibility index (Phi) is 3.01. The lowest BCUT2D eigenvalue weighted by atomic mass is 9.94. The molecule has 0 unspecified atom stereocenters. The predicted molar refractivity (Wildman–Crippen MR) is 101 cm³/mol.